The van der Waals surface area contributed by atoms with Gasteiger partial charge in [-0.3, -0.25) is 0 Å². The third kappa shape index (κ3) is 8.90. The fourth-order valence-electron chi connectivity index (χ4n) is 0.389. The molecule has 0 saturated heterocycles. The minimum absolute atomic E-state index is 0.00708. The zero-order chi connectivity index (χ0) is 8.20. The molecule has 0 aliphatic rings. The number of allylic oxidation sites excluding steroid dienone is 2. The molecule has 0 aromatic heterocycles. The largest absolute Gasteiger partial charge is 0.194 e. The predicted octanol–water partition coefficient (Wildman–Crippen LogP) is 3.93. The van der Waals surface area contributed by atoms with Crippen molar-refractivity contribution in [1.29, 1.82) is 0 Å². The van der Waals surface area contributed by atoms with Gasteiger partial charge < -0.3 is 0 Å². The van der Waals surface area contributed by atoms with Crippen molar-refractivity contribution in [1.82, 2.24) is 0 Å². The summed E-state index contributed by atoms with van der Waals surface area (Å²) in [5, 5.41) is -0.00708. The summed E-state index contributed by atoms with van der Waals surface area (Å²) < 4.78 is -1.19. The second kappa shape index (κ2) is 4.71. The normalized spacial score (nSPS) is 16.1. The van der Waals surface area contributed by atoms with Crippen molar-refractivity contribution in [2.24, 2.45) is 0 Å². The third-order valence-corrected chi connectivity index (χ3v) is 1.36. The van der Waals surface area contributed by atoms with E-state index in [-0.39, 0.29) is 5.38 Å². The van der Waals surface area contributed by atoms with Crippen LogP contribution in [0.5, 0.6) is 0 Å². The molecule has 0 radical (unpaired) electrons. The first-order valence-corrected chi connectivity index (χ1v) is 4.36. The molecule has 0 saturated carbocycles. The van der Waals surface area contributed by atoms with Gasteiger partial charge >= 0.3 is 0 Å². The topological polar surface area (TPSA) is 0 Å². The second-order valence-electron chi connectivity index (χ2n) is 1.92. The summed E-state index contributed by atoms with van der Waals surface area (Å²) in [4.78, 5) is 0. The van der Waals surface area contributed by atoms with E-state index in [4.69, 9.17) is 46.4 Å². The van der Waals surface area contributed by atoms with Crippen LogP contribution in [0.3, 0.4) is 0 Å². The fraction of sp³-hybridized carbons (Fsp3) is 0.667. The Bertz CT molecular complexity index is 111. The number of alkyl halides is 4. The highest BCUT2D eigenvalue weighted by Crippen LogP contribution is 2.30. The molecule has 60 valence electrons. The molecule has 10 heavy (non-hydrogen) atoms. The van der Waals surface area contributed by atoms with Crippen LogP contribution in [0.2, 0.25) is 0 Å². The van der Waals surface area contributed by atoms with Crippen LogP contribution in [-0.2, 0) is 0 Å². The molecule has 0 rings (SSSR count). The van der Waals surface area contributed by atoms with E-state index in [1.807, 2.05) is 6.92 Å². The van der Waals surface area contributed by atoms with Gasteiger partial charge in [-0.05, 0) is 6.92 Å². The van der Waals surface area contributed by atoms with Crippen molar-refractivity contribution in [2.45, 2.75) is 22.5 Å². The maximum Gasteiger partial charge on any atom is 0.194 e. The summed E-state index contributed by atoms with van der Waals surface area (Å²) >= 11 is 21.9. The highest BCUT2D eigenvalue weighted by atomic mass is 35.6. The van der Waals surface area contributed by atoms with E-state index >= 15 is 0 Å². The molecule has 0 aliphatic carbocycles. The van der Waals surface area contributed by atoms with Crippen molar-refractivity contribution in [3.05, 3.63) is 12.2 Å². The first kappa shape index (κ1) is 10.9. The highest BCUT2D eigenvalue weighted by Gasteiger charge is 2.16. The Morgan fingerprint density at radius 3 is 2.20 bits per heavy atom. The first-order valence-electron chi connectivity index (χ1n) is 2.79. The summed E-state index contributed by atoms with van der Waals surface area (Å²) in [6, 6.07) is 0. The summed E-state index contributed by atoms with van der Waals surface area (Å²) in [6.45, 7) is 1.84. The lowest BCUT2D eigenvalue weighted by molar-refractivity contribution is 1.06. The SMILES string of the molecule is CC(Cl)/C=C/CC(Cl)(Cl)Cl. The molecule has 0 amide bonds. The molecule has 1 atom stereocenters. The van der Waals surface area contributed by atoms with Gasteiger partial charge in [-0.2, -0.15) is 0 Å². The molecule has 0 N–H and O–H groups in total. The monoisotopic (exact) mass is 220 g/mol. The molecule has 0 bridgehead atoms. The summed E-state index contributed by atoms with van der Waals surface area (Å²) in [6.07, 6.45) is 3.93. The summed E-state index contributed by atoms with van der Waals surface area (Å²) in [7, 11) is 0. The van der Waals surface area contributed by atoms with E-state index < -0.39 is 3.79 Å². The molecule has 1 unspecified atom stereocenters. The van der Waals surface area contributed by atoms with E-state index in [1.165, 1.54) is 0 Å². The number of hydrogen-bond donors (Lipinski definition) is 0. The van der Waals surface area contributed by atoms with Crippen molar-refractivity contribution in [2.75, 3.05) is 0 Å². The maximum absolute atomic E-state index is 5.59. The van der Waals surface area contributed by atoms with E-state index in [2.05, 4.69) is 0 Å². The Labute approximate surface area is 81.1 Å². The molecular formula is C6H8Cl4. The first-order chi connectivity index (χ1) is 4.42. The minimum atomic E-state index is -1.19. The molecule has 0 heterocycles. The molecule has 4 heteroatoms. The molecule has 0 fully saturated rings. The molecule has 0 aromatic carbocycles. The van der Waals surface area contributed by atoms with Crippen molar-refractivity contribution < 1.29 is 0 Å². The zero-order valence-electron chi connectivity index (χ0n) is 5.45. The Morgan fingerprint density at radius 2 is 1.90 bits per heavy atom. The lowest BCUT2D eigenvalue weighted by Crippen LogP contribution is -1.98. The van der Waals surface area contributed by atoms with Crippen LogP contribution in [0.1, 0.15) is 13.3 Å². The maximum atomic E-state index is 5.59. The van der Waals surface area contributed by atoms with Gasteiger partial charge in [0.1, 0.15) is 0 Å². The average Bonchev–Trinajstić information content (AvgIpc) is 1.59. The molecule has 0 nitrogen and oxygen atoms in total. The Hall–Kier alpha value is 0.900. The van der Waals surface area contributed by atoms with Gasteiger partial charge in [0.15, 0.2) is 3.79 Å². The Balaban J connectivity index is 3.54. The smallest absolute Gasteiger partial charge is 0.119 e. The van der Waals surface area contributed by atoms with Crippen molar-refractivity contribution >= 4 is 46.4 Å². The van der Waals surface area contributed by atoms with Crippen molar-refractivity contribution in [3.8, 4) is 0 Å². The number of rotatable bonds is 2. The highest BCUT2D eigenvalue weighted by molar-refractivity contribution is 6.67. The minimum Gasteiger partial charge on any atom is -0.119 e. The quantitative estimate of drug-likeness (QED) is 0.490. The lowest BCUT2D eigenvalue weighted by Gasteiger charge is -2.05. The van der Waals surface area contributed by atoms with Gasteiger partial charge in [0.2, 0.25) is 0 Å². The van der Waals surface area contributed by atoms with Gasteiger partial charge in [-0.15, -0.1) is 11.6 Å². The van der Waals surface area contributed by atoms with Gasteiger partial charge in [0.05, 0.1) is 0 Å². The van der Waals surface area contributed by atoms with Crippen LogP contribution in [-0.4, -0.2) is 9.17 Å². The van der Waals surface area contributed by atoms with Crippen LogP contribution < -0.4 is 0 Å². The molecular weight excluding hydrogens is 214 g/mol. The van der Waals surface area contributed by atoms with E-state index in [0.29, 0.717) is 6.42 Å². The Morgan fingerprint density at radius 1 is 1.40 bits per heavy atom. The van der Waals surface area contributed by atoms with Crippen molar-refractivity contribution in [3.63, 3.8) is 0 Å². The standard InChI is InChI=1S/C6H8Cl4/c1-5(7)3-2-4-6(8,9)10/h2-3,5H,4H2,1H3/b3-2+. The van der Waals surface area contributed by atoms with Crippen LogP contribution in [0.25, 0.3) is 0 Å². The predicted molar refractivity (Wildman–Crippen MR) is 49.4 cm³/mol. The van der Waals surface area contributed by atoms with E-state index in [1.54, 1.807) is 12.2 Å². The average molecular weight is 222 g/mol. The van der Waals surface area contributed by atoms with Gasteiger partial charge in [0, 0.05) is 11.8 Å². The van der Waals surface area contributed by atoms with Crippen LogP contribution >= 0.6 is 46.4 Å². The summed E-state index contributed by atoms with van der Waals surface area (Å²) in [5.41, 5.74) is 0. The number of halogens is 4. The van der Waals surface area contributed by atoms with E-state index in [9.17, 15) is 0 Å². The fourth-order valence-corrected chi connectivity index (χ4v) is 0.759. The summed E-state index contributed by atoms with van der Waals surface area (Å²) in [5.74, 6) is 0. The third-order valence-electron chi connectivity index (χ3n) is 0.751. The van der Waals surface area contributed by atoms with Gasteiger partial charge in [0.25, 0.3) is 0 Å². The van der Waals surface area contributed by atoms with Crippen LogP contribution in [0, 0.1) is 0 Å². The second-order valence-corrected chi connectivity index (χ2v) is 5.13. The van der Waals surface area contributed by atoms with Crippen LogP contribution in [0.4, 0.5) is 0 Å². The van der Waals surface area contributed by atoms with Crippen LogP contribution in [0.15, 0.2) is 12.2 Å². The van der Waals surface area contributed by atoms with Gasteiger partial charge in [-0.1, -0.05) is 47.0 Å². The van der Waals surface area contributed by atoms with E-state index in [0.717, 1.165) is 0 Å². The Kier molecular flexibility index (Phi) is 5.14. The zero-order valence-corrected chi connectivity index (χ0v) is 8.47. The lowest BCUT2D eigenvalue weighted by atomic mass is 10.3. The van der Waals surface area contributed by atoms with Gasteiger partial charge in [-0.25, -0.2) is 0 Å². The molecule has 0 aromatic rings. The number of hydrogen-bond acceptors (Lipinski definition) is 0. The molecule has 0 aliphatic heterocycles. The molecule has 0 spiro atoms.